The predicted molar refractivity (Wildman–Crippen MR) is 33.5 cm³/mol. The summed E-state index contributed by atoms with van der Waals surface area (Å²) >= 11 is 0. The third-order valence-corrected chi connectivity index (χ3v) is 1.41. The van der Waals surface area contributed by atoms with Crippen molar-refractivity contribution >= 4 is 0 Å². The minimum Gasteiger partial charge on any atom is -0.336 e. The molecule has 1 aliphatic heterocycles. The zero-order valence-electron chi connectivity index (χ0n) is 5.40. The first-order valence-electron chi connectivity index (χ1n) is 2.92. The fourth-order valence-electron chi connectivity index (χ4n) is 0.880. The standard InChI is InChI=1S/C6H5N3O/c1-4-2-3-5-6(4)7-8-9-10-5/h2-3H,1H3. The van der Waals surface area contributed by atoms with Crippen LogP contribution in [-0.2, 0) is 0 Å². The first-order valence-corrected chi connectivity index (χ1v) is 2.92. The summed E-state index contributed by atoms with van der Waals surface area (Å²) in [5, 5.41) is 10.5. The van der Waals surface area contributed by atoms with Crippen LogP contribution < -0.4 is 0 Å². The second kappa shape index (κ2) is 1.76. The predicted octanol–water partition coefficient (Wildman–Crippen LogP) is 0.878. The van der Waals surface area contributed by atoms with E-state index >= 15 is 0 Å². The highest BCUT2D eigenvalue weighted by Gasteiger charge is 2.09. The third kappa shape index (κ3) is 0.586. The van der Waals surface area contributed by atoms with Gasteiger partial charge in [0.05, 0.1) is 5.27 Å². The van der Waals surface area contributed by atoms with Crippen molar-refractivity contribution in [1.82, 2.24) is 15.6 Å². The second-order valence-electron chi connectivity index (χ2n) is 2.09. The molecule has 2 aliphatic rings. The van der Waals surface area contributed by atoms with E-state index in [9.17, 15) is 0 Å². The third-order valence-electron chi connectivity index (χ3n) is 1.41. The molecule has 50 valence electrons. The number of aromatic nitrogens is 3. The smallest absolute Gasteiger partial charge is 0.187 e. The molecule has 4 nitrogen and oxygen atoms in total. The van der Waals surface area contributed by atoms with Gasteiger partial charge in [-0.25, -0.2) is 0 Å². The molecule has 1 heterocycles. The van der Waals surface area contributed by atoms with Gasteiger partial charge in [-0.2, -0.15) is 0 Å². The first kappa shape index (κ1) is 5.34. The molecule has 0 N–H and O–H groups in total. The lowest BCUT2D eigenvalue weighted by molar-refractivity contribution is 0.353. The molecule has 2 rings (SSSR count). The molecule has 10 heavy (non-hydrogen) atoms. The molecule has 0 aromatic rings. The topological polar surface area (TPSA) is 51.8 Å². The maximum atomic E-state index is 4.81. The van der Waals surface area contributed by atoms with Gasteiger partial charge in [-0.1, -0.05) is 6.07 Å². The van der Waals surface area contributed by atoms with E-state index in [0.29, 0.717) is 5.76 Å². The molecule has 0 aromatic heterocycles. The first-order chi connectivity index (χ1) is 4.88. The lowest BCUT2D eigenvalue weighted by Gasteiger charge is -1.90. The molecule has 1 aliphatic carbocycles. The lowest BCUT2D eigenvalue weighted by Crippen LogP contribution is -1.89. The van der Waals surface area contributed by atoms with E-state index in [1.807, 2.05) is 19.1 Å². The van der Waals surface area contributed by atoms with E-state index in [1.165, 1.54) is 0 Å². The minimum absolute atomic E-state index is 0.688. The Morgan fingerprint density at radius 3 is 3.10 bits per heavy atom. The van der Waals surface area contributed by atoms with Gasteiger partial charge in [0, 0.05) is 0 Å². The van der Waals surface area contributed by atoms with Crippen molar-refractivity contribution in [2.24, 2.45) is 0 Å². The normalized spacial score (nSPS) is 10.5. The van der Waals surface area contributed by atoms with Crippen molar-refractivity contribution in [3.8, 4) is 11.5 Å². The van der Waals surface area contributed by atoms with E-state index in [2.05, 4.69) is 15.6 Å². The highest BCUT2D eigenvalue weighted by Crippen LogP contribution is 2.21. The van der Waals surface area contributed by atoms with Crippen LogP contribution in [-0.4, -0.2) is 15.6 Å². The molecule has 0 atom stereocenters. The van der Waals surface area contributed by atoms with Crippen LogP contribution in [0.5, 0.6) is 0 Å². The van der Waals surface area contributed by atoms with Gasteiger partial charge >= 0.3 is 0 Å². The molecule has 0 unspecified atom stereocenters. The fraction of sp³-hybridized carbons (Fsp3) is 0.167. The monoisotopic (exact) mass is 135 g/mol. The van der Waals surface area contributed by atoms with Gasteiger partial charge in [0.1, 0.15) is 5.69 Å². The molecule has 0 amide bonds. The van der Waals surface area contributed by atoms with Crippen molar-refractivity contribution in [2.75, 3.05) is 0 Å². The number of nitrogens with zero attached hydrogens (tertiary/aromatic N) is 3. The molecular formula is C6H5N3O. The van der Waals surface area contributed by atoms with Crippen LogP contribution in [0.15, 0.2) is 16.7 Å². The molecule has 0 spiro atoms. The molecule has 0 aromatic carbocycles. The number of rotatable bonds is 0. The van der Waals surface area contributed by atoms with Gasteiger partial charge in [0.15, 0.2) is 5.76 Å². The van der Waals surface area contributed by atoms with Gasteiger partial charge in [-0.3, -0.25) is 0 Å². The van der Waals surface area contributed by atoms with Crippen LogP contribution in [0.1, 0.15) is 5.56 Å². The Labute approximate surface area is 57.2 Å². The summed E-state index contributed by atoms with van der Waals surface area (Å²) in [6, 6.07) is 3.75. The van der Waals surface area contributed by atoms with Gasteiger partial charge < -0.3 is 4.52 Å². The Bertz CT molecular complexity index is 317. The Balaban J connectivity index is 2.78. The van der Waals surface area contributed by atoms with Crippen molar-refractivity contribution in [3.63, 3.8) is 0 Å². The van der Waals surface area contributed by atoms with Gasteiger partial charge in [-0.05, 0) is 23.8 Å². The van der Waals surface area contributed by atoms with E-state index in [1.54, 1.807) is 0 Å². The summed E-state index contributed by atoms with van der Waals surface area (Å²) in [5.41, 5.74) is 1.85. The minimum atomic E-state index is 0.688. The number of hydrogen-bond donors (Lipinski definition) is 0. The van der Waals surface area contributed by atoms with Crippen LogP contribution >= 0.6 is 0 Å². The Morgan fingerprint density at radius 2 is 2.30 bits per heavy atom. The summed E-state index contributed by atoms with van der Waals surface area (Å²) in [5.74, 6) is 0.688. The number of aryl methyl sites for hydroxylation is 1. The number of fused-ring (bicyclic) bond motifs is 1. The van der Waals surface area contributed by atoms with Crippen LogP contribution in [0.25, 0.3) is 11.5 Å². The van der Waals surface area contributed by atoms with Crippen LogP contribution in [0.4, 0.5) is 0 Å². The fourth-order valence-corrected chi connectivity index (χ4v) is 0.880. The average Bonchev–Trinajstić information content (AvgIpc) is 2.34. The van der Waals surface area contributed by atoms with Crippen LogP contribution in [0, 0.1) is 6.92 Å². The van der Waals surface area contributed by atoms with Gasteiger partial charge in [0.2, 0.25) is 0 Å². The largest absolute Gasteiger partial charge is 0.336 e. The van der Waals surface area contributed by atoms with Crippen LogP contribution in [0.3, 0.4) is 0 Å². The molecule has 0 radical (unpaired) electrons. The highest BCUT2D eigenvalue weighted by atomic mass is 16.5. The van der Waals surface area contributed by atoms with Gasteiger partial charge in [0.25, 0.3) is 0 Å². The maximum absolute atomic E-state index is 4.81. The van der Waals surface area contributed by atoms with Crippen molar-refractivity contribution in [3.05, 3.63) is 17.7 Å². The SMILES string of the molecule is Cc1ccc2onnnc1-2. The number of hydrogen-bond acceptors (Lipinski definition) is 4. The molecule has 0 saturated heterocycles. The molecule has 0 fully saturated rings. The van der Waals surface area contributed by atoms with Crippen molar-refractivity contribution < 1.29 is 4.52 Å². The van der Waals surface area contributed by atoms with E-state index < -0.39 is 0 Å². The van der Waals surface area contributed by atoms with Gasteiger partial charge in [-0.15, -0.1) is 5.10 Å². The summed E-state index contributed by atoms with van der Waals surface area (Å²) < 4.78 is 4.81. The summed E-state index contributed by atoms with van der Waals surface area (Å²) in [6.07, 6.45) is 0. The molecule has 0 saturated carbocycles. The lowest BCUT2D eigenvalue weighted by atomic mass is 10.3. The maximum Gasteiger partial charge on any atom is 0.187 e. The average molecular weight is 135 g/mol. The van der Waals surface area contributed by atoms with Crippen molar-refractivity contribution in [1.29, 1.82) is 0 Å². The summed E-state index contributed by atoms with van der Waals surface area (Å²) in [6.45, 7) is 1.95. The Hall–Kier alpha value is -1.45. The molecule has 4 heteroatoms. The Morgan fingerprint density at radius 1 is 1.40 bits per heavy atom. The Kier molecular flexibility index (Phi) is 0.943. The quantitative estimate of drug-likeness (QED) is 0.538. The zero-order chi connectivity index (χ0) is 6.97. The van der Waals surface area contributed by atoms with Crippen LogP contribution in [0.2, 0.25) is 0 Å². The van der Waals surface area contributed by atoms with Crippen molar-refractivity contribution in [2.45, 2.75) is 6.92 Å². The highest BCUT2D eigenvalue weighted by molar-refractivity contribution is 5.58. The summed E-state index contributed by atoms with van der Waals surface area (Å²) in [4.78, 5) is 0. The summed E-state index contributed by atoms with van der Waals surface area (Å²) in [7, 11) is 0. The van der Waals surface area contributed by atoms with E-state index in [0.717, 1.165) is 11.3 Å². The molecule has 0 bridgehead atoms. The van der Waals surface area contributed by atoms with E-state index in [-0.39, 0.29) is 0 Å². The second-order valence-corrected chi connectivity index (χ2v) is 2.09. The molecular weight excluding hydrogens is 130 g/mol. The van der Waals surface area contributed by atoms with E-state index in [4.69, 9.17) is 4.52 Å². The zero-order valence-corrected chi connectivity index (χ0v) is 5.40.